The lowest BCUT2D eigenvalue weighted by Gasteiger charge is -2.09. The molecule has 1 aromatic heterocycles. The third-order valence-corrected chi connectivity index (χ3v) is 3.09. The fraction of sp³-hybridized carbons (Fsp3) is 0.0588. The molecule has 6 heteroatoms. The van der Waals surface area contributed by atoms with Gasteiger partial charge in [-0.3, -0.25) is 5.10 Å². The summed E-state index contributed by atoms with van der Waals surface area (Å²) in [7, 11) is 0. The van der Waals surface area contributed by atoms with Crippen LogP contribution in [0.25, 0.3) is 0 Å². The summed E-state index contributed by atoms with van der Waals surface area (Å²) in [4.78, 5) is 11.8. The van der Waals surface area contributed by atoms with Crippen molar-refractivity contribution in [2.24, 2.45) is 0 Å². The number of hydrogen-bond acceptors (Lipinski definition) is 3. The molecule has 1 heterocycles. The molecule has 3 N–H and O–H groups in total. The summed E-state index contributed by atoms with van der Waals surface area (Å²) in [5.41, 5.74) is 1.56. The number of carbonyl (C=O) groups is 1. The van der Waals surface area contributed by atoms with Gasteiger partial charge in [-0.1, -0.05) is 30.3 Å². The van der Waals surface area contributed by atoms with Gasteiger partial charge in [0.1, 0.15) is 11.5 Å². The van der Waals surface area contributed by atoms with Crippen LogP contribution in [-0.4, -0.2) is 16.2 Å². The maximum atomic E-state index is 11.8. The normalized spacial score (nSPS) is 10.1. The fourth-order valence-corrected chi connectivity index (χ4v) is 2.02. The highest BCUT2D eigenvalue weighted by Gasteiger charge is 2.03. The maximum Gasteiger partial charge on any atom is 0.319 e. The fourth-order valence-electron chi connectivity index (χ4n) is 2.02. The van der Waals surface area contributed by atoms with Gasteiger partial charge >= 0.3 is 6.03 Å². The first-order chi connectivity index (χ1) is 11.3. The Labute approximate surface area is 133 Å². The van der Waals surface area contributed by atoms with Crippen molar-refractivity contribution in [1.29, 1.82) is 0 Å². The lowest BCUT2D eigenvalue weighted by molar-refractivity contribution is 0.251. The predicted molar refractivity (Wildman–Crippen MR) is 87.4 cm³/mol. The van der Waals surface area contributed by atoms with Crippen LogP contribution in [0.4, 0.5) is 10.5 Å². The van der Waals surface area contributed by atoms with Gasteiger partial charge in [0.15, 0.2) is 0 Å². The van der Waals surface area contributed by atoms with E-state index < -0.39 is 0 Å². The lowest BCUT2D eigenvalue weighted by atomic mass is 10.2. The molecule has 0 radical (unpaired) electrons. The van der Waals surface area contributed by atoms with E-state index in [0.717, 1.165) is 17.1 Å². The summed E-state index contributed by atoms with van der Waals surface area (Å²) in [6, 6.07) is 16.9. The Bertz CT molecular complexity index is 757. The molecule has 0 atom stereocenters. The van der Waals surface area contributed by atoms with Crippen LogP contribution < -0.4 is 15.4 Å². The molecule has 3 rings (SSSR count). The second-order valence-corrected chi connectivity index (χ2v) is 4.86. The van der Waals surface area contributed by atoms with Crippen molar-refractivity contribution >= 4 is 11.7 Å². The Balaban J connectivity index is 1.56. The van der Waals surface area contributed by atoms with Gasteiger partial charge in [0, 0.05) is 12.7 Å². The summed E-state index contributed by atoms with van der Waals surface area (Å²) in [6.45, 7) is 0.398. The predicted octanol–water partition coefficient (Wildman–Crippen LogP) is 3.52. The molecule has 0 aliphatic heterocycles. The van der Waals surface area contributed by atoms with Crippen LogP contribution in [-0.2, 0) is 6.54 Å². The van der Waals surface area contributed by atoms with E-state index in [1.807, 2.05) is 54.6 Å². The van der Waals surface area contributed by atoms with Crippen LogP contribution in [0.15, 0.2) is 67.0 Å². The number of aromatic amines is 1. The van der Waals surface area contributed by atoms with Gasteiger partial charge in [0.2, 0.25) is 0 Å². The quantitative estimate of drug-likeness (QED) is 0.674. The topological polar surface area (TPSA) is 79.0 Å². The minimum absolute atomic E-state index is 0.291. The molecule has 2 amide bonds. The van der Waals surface area contributed by atoms with E-state index in [0.29, 0.717) is 12.2 Å². The molecule has 0 bridgehead atoms. The van der Waals surface area contributed by atoms with E-state index in [1.165, 1.54) is 6.20 Å². The largest absolute Gasteiger partial charge is 0.457 e. The Morgan fingerprint density at radius 1 is 1.09 bits per heavy atom. The van der Waals surface area contributed by atoms with Crippen molar-refractivity contribution in [1.82, 2.24) is 15.5 Å². The molecule has 6 nitrogen and oxygen atoms in total. The number of nitrogens with one attached hydrogen (secondary N) is 3. The van der Waals surface area contributed by atoms with Crippen molar-refractivity contribution in [2.75, 3.05) is 5.32 Å². The van der Waals surface area contributed by atoms with E-state index >= 15 is 0 Å². The maximum absolute atomic E-state index is 11.8. The van der Waals surface area contributed by atoms with Gasteiger partial charge in [-0.15, -0.1) is 0 Å². The molecule has 2 aromatic carbocycles. The van der Waals surface area contributed by atoms with Gasteiger partial charge in [-0.2, -0.15) is 5.10 Å². The van der Waals surface area contributed by atoms with Crippen LogP contribution in [0.3, 0.4) is 0 Å². The zero-order valence-corrected chi connectivity index (χ0v) is 12.3. The number of urea groups is 1. The van der Waals surface area contributed by atoms with E-state index in [1.54, 1.807) is 6.20 Å². The first kappa shape index (κ1) is 14.6. The second-order valence-electron chi connectivity index (χ2n) is 4.86. The molecule has 3 aromatic rings. The van der Waals surface area contributed by atoms with Crippen molar-refractivity contribution in [3.8, 4) is 11.5 Å². The molecule has 0 fully saturated rings. The minimum Gasteiger partial charge on any atom is -0.457 e. The number of para-hydroxylation sites is 1. The van der Waals surface area contributed by atoms with E-state index in [-0.39, 0.29) is 6.03 Å². The van der Waals surface area contributed by atoms with Gasteiger partial charge in [0.05, 0.1) is 11.9 Å². The Hall–Kier alpha value is -3.28. The molecule has 0 unspecified atom stereocenters. The molecule has 23 heavy (non-hydrogen) atoms. The van der Waals surface area contributed by atoms with E-state index in [2.05, 4.69) is 20.8 Å². The second kappa shape index (κ2) is 7.13. The molecular formula is C17H16N4O2. The highest BCUT2D eigenvalue weighted by atomic mass is 16.5. The van der Waals surface area contributed by atoms with Gasteiger partial charge in [-0.25, -0.2) is 4.79 Å². The van der Waals surface area contributed by atoms with Crippen molar-refractivity contribution < 1.29 is 9.53 Å². The zero-order chi connectivity index (χ0) is 15.9. The molecule has 0 aliphatic carbocycles. The average Bonchev–Trinajstić information content (AvgIpc) is 3.07. The average molecular weight is 308 g/mol. The molecule has 0 saturated carbocycles. The lowest BCUT2D eigenvalue weighted by Crippen LogP contribution is -2.27. The van der Waals surface area contributed by atoms with Gasteiger partial charge < -0.3 is 15.4 Å². The third-order valence-electron chi connectivity index (χ3n) is 3.09. The number of aromatic nitrogens is 2. The van der Waals surface area contributed by atoms with Crippen LogP contribution in [0, 0.1) is 0 Å². The summed E-state index contributed by atoms with van der Waals surface area (Å²) in [5, 5.41) is 11.8. The van der Waals surface area contributed by atoms with Crippen LogP contribution >= 0.6 is 0 Å². The van der Waals surface area contributed by atoms with Gasteiger partial charge in [0.25, 0.3) is 0 Å². The highest BCUT2D eigenvalue weighted by Crippen LogP contribution is 2.21. The van der Waals surface area contributed by atoms with Crippen LogP contribution in [0.2, 0.25) is 0 Å². The summed E-state index contributed by atoms with van der Waals surface area (Å²) in [5.74, 6) is 1.50. The molecule has 0 saturated heterocycles. The van der Waals surface area contributed by atoms with Crippen molar-refractivity contribution in [3.63, 3.8) is 0 Å². The number of amides is 2. The third kappa shape index (κ3) is 4.34. The number of benzene rings is 2. The number of anilines is 1. The first-order valence-electron chi connectivity index (χ1n) is 7.15. The number of ether oxygens (including phenoxy) is 1. The Morgan fingerprint density at radius 2 is 1.91 bits per heavy atom. The molecule has 116 valence electrons. The number of H-pyrrole nitrogens is 1. The SMILES string of the molecule is O=C(NCc1cccc(Oc2ccccc2)c1)Nc1cn[nH]c1. The highest BCUT2D eigenvalue weighted by molar-refractivity contribution is 5.88. The Morgan fingerprint density at radius 3 is 2.70 bits per heavy atom. The standard InChI is InChI=1S/C17H16N4O2/c22-17(21-14-11-19-20-12-14)18-10-13-5-4-8-16(9-13)23-15-6-2-1-3-7-15/h1-9,11-12H,10H2,(H,19,20)(H2,18,21,22). The summed E-state index contributed by atoms with van der Waals surface area (Å²) in [6.07, 6.45) is 3.14. The van der Waals surface area contributed by atoms with E-state index in [4.69, 9.17) is 4.74 Å². The smallest absolute Gasteiger partial charge is 0.319 e. The minimum atomic E-state index is -0.291. The summed E-state index contributed by atoms with van der Waals surface area (Å²) < 4.78 is 5.77. The van der Waals surface area contributed by atoms with Crippen molar-refractivity contribution in [3.05, 3.63) is 72.6 Å². The van der Waals surface area contributed by atoms with E-state index in [9.17, 15) is 4.79 Å². The van der Waals surface area contributed by atoms with Crippen LogP contribution in [0.1, 0.15) is 5.56 Å². The first-order valence-corrected chi connectivity index (χ1v) is 7.15. The van der Waals surface area contributed by atoms with Crippen molar-refractivity contribution in [2.45, 2.75) is 6.54 Å². The van der Waals surface area contributed by atoms with Crippen LogP contribution in [0.5, 0.6) is 11.5 Å². The number of rotatable bonds is 5. The Kier molecular flexibility index (Phi) is 4.54. The number of nitrogens with zero attached hydrogens (tertiary/aromatic N) is 1. The van der Waals surface area contributed by atoms with Gasteiger partial charge in [-0.05, 0) is 29.8 Å². The molecule has 0 spiro atoms. The number of hydrogen-bond donors (Lipinski definition) is 3. The molecule has 0 aliphatic rings. The molecular weight excluding hydrogens is 292 g/mol. The number of carbonyl (C=O) groups excluding carboxylic acids is 1. The zero-order valence-electron chi connectivity index (χ0n) is 12.3. The monoisotopic (exact) mass is 308 g/mol. The summed E-state index contributed by atoms with van der Waals surface area (Å²) >= 11 is 0.